The maximum absolute atomic E-state index is 13.2. The molecule has 0 fully saturated rings. The number of aliphatic carboxylic acids is 1. The molecule has 10 heteroatoms. The van der Waals surface area contributed by atoms with Gasteiger partial charge in [0, 0.05) is 7.05 Å². The van der Waals surface area contributed by atoms with Crippen molar-refractivity contribution in [1.82, 2.24) is 14.5 Å². The fourth-order valence-corrected chi connectivity index (χ4v) is 3.91. The summed E-state index contributed by atoms with van der Waals surface area (Å²) in [5.41, 5.74) is -0.715. The van der Waals surface area contributed by atoms with Crippen LogP contribution in [0, 0.1) is 6.92 Å². The molecule has 24 heavy (non-hydrogen) atoms. The number of rotatable bonds is 6. The van der Waals surface area contributed by atoms with Crippen molar-refractivity contribution in [3.8, 4) is 0 Å². The van der Waals surface area contributed by atoms with Crippen LogP contribution in [0.15, 0.2) is 35.4 Å². The van der Waals surface area contributed by atoms with Crippen LogP contribution < -0.4 is 4.72 Å². The minimum Gasteiger partial charge on any atom is -0.480 e. The second kappa shape index (κ2) is 6.65. The molecule has 0 aliphatic carbocycles. The molecule has 0 amide bonds. The third-order valence-electron chi connectivity index (χ3n) is 3.34. The van der Waals surface area contributed by atoms with Gasteiger partial charge in [-0.25, -0.2) is 17.2 Å². The summed E-state index contributed by atoms with van der Waals surface area (Å²) in [6.45, 7) is 1.26. The third kappa shape index (κ3) is 3.44. The van der Waals surface area contributed by atoms with Gasteiger partial charge in [0.2, 0.25) is 0 Å². The SMILES string of the molecule is Cc1nn(C)c(S(=O)(=O)N[C@@H](C(=O)O)c2ccccc2)c1C(F)F. The number of carboxylic acids is 1. The molecular weight excluding hydrogens is 344 g/mol. The normalized spacial score (nSPS) is 13.2. The summed E-state index contributed by atoms with van der Waals surface area (Å²) in [4.78, 5) is 11.4. The van der Waals surface area contributed by atoms with Crippen LogP contribution in [-0.2, 0) is 21.9 Å². The molecule has 0 aliphatic rings. The Balaban J connectivity index is 2.50. The monoisotopic (exact) mass is 359 g/mol. The van der Waals surface area contributed by atoms with Crippen LogP contribution in [0.2, 0.25) is 0 Å². The molecule has 1 atom stereocenters. The highest BCUT2D eigenvalue weighted by atomic mass is 32.2. The molecule has 2 aromatic rings. The quantitative estimate of drug-likeness (QED) is 0.819. The predicted octanol–water partition coefficient (Wildman–Crippen LogP) is 1.77. The molecule has 2 rings (SSSR count). The first kappa shape index (κ1) is 18.0. The number of nitrogens with zero attached hydrogens (tertiary/aromatic N) is 2. The van der Waals surface area contributed by atoms with E-state index in [4.69, 9.17) is 0 Å². The first-order valence-electron chi connectivity index (χ1n) is 6.77. The average Bonchev–Trinajstić information content (AvgIpc) is 2.81. The number of hydrogen-bond acceptors (Lipinski definition) is 4. The van der Waals surface area contributed by atoms with Crippen LogP contribution in [0.1, 0.15) is 29.3 Å². The number of aromatic nitrogens is 2. The molecule has 7 nitrogen and oxygen atoms in total. The third-order valence-corrected chi connectivity index (χ3v) is 4.88. The van der Waals surface area contributed by atoms with Crippen molar-refractivity contribution < 1.29 is 27.1 Å². The van der Waals surface area contributed by atoms with E-state index in [9.17, 15) is 27.1 Å². The summed E-state index contributed by atoms with van der Waals surface area (Å²) < 4.78 is 54.1. The Bertz CT molecular complexity index is 850. The van der Waals surface area contributed by atoms with Gasteiger partial charge in [-0.3, -0.25) is 9.48 Å². The highest BCUT2D eigenvalue weighted by molar-refractivity contribution is 7.89. The van der Waals surface area contributed by atoms with Gasteiger partial charge in [0.25, 0.3) is 16.4 Å². The Morgan fingerprint density at radius 1 is 1.29 bits per heavy atom. The summed E-state index contributed by atoms with van der Waals surface area (Å²) >= 11 is 0. The Morgan fingerprint density at radius 2 is 1.88 bits per heavy atom. The number of carbonyl (C=O) groups is 1. The lowest BCUT2D eigenvalue weighted by Crippen LogP contribution is -2.35. The molecule has 0 radical (unpaired) electrons. The number of hydrogen-bond donors (Lipinski definition) is 2. The van der Waals surface area contributed by atoms with Gasteiger partial charge in [0.15, 0.2) is 5.03 Å². The van der Waals surface area contributed by atoms with E-state index < -0.39 is 39.0 Å². The molecule has 0 bridgehead atoms. The molecule has 0 aliphatic heterocycles. The van der Waals surface area contributed by atoms with Crippen molar-refractivity contribution in [3.05, 3.63) is 47.2 Å². The van der Waals surface area contributed by atoms with Gasteiger partial charge in [-0.2, -0.15) is 9.82 Å². The van der Waals surface area contributed by atoms with Crippen molar-refractivity contribution >= 4 is 16.0 Å². The highest BCUT2D eigenvalue weighted by Crippen LogP contribution is 2.30. The summed E-state index contributed by atoms with van der Waals surface area (Å²) in [6, 6.07) is 5.94. The number of nitrogens with one attached hydrogen (secondary N) is 1. The number of halogens is 2. The Kier molecular flexibility index (Phi) is 4.99. The van der Waals surface area contributed by atoms with Crippen molar-refractivity contribution in [2.24, 2.45) is 7.05 Å². The molecule has 1 aromatic heterocycles. The van der Waals surface area contributed by atoms with Gasteiger partial charge in [-0.15, -0.1) is 0 Å². The Labute approximate surface area is 137 Å². The molecule has 2 N–H and O–H groups in total. The van der Waals surface area contributed by atoms with Crippen LogP contribution in [0.3, 0.4) is 0 Å². The van der Waals surface area contributed by atoms with Crippen LogP contribution >= 0.6 is 0 Å². The number of carboxylic acid groups (broad SMARTS) is 1. The van der Waals surface area contributed by atoms with E-state index in [1.165, 1.54) is 26.1 Å². The summed E-state index contributed by atoms with van der Waals surface area (Å²) in [5, 5.41) is 12.2. The van der Waals surface area contributed by atoms with E-state index in [-0.39, 0.29) is 11.3 Å². The molecule has 1 heterocycles. The highest BCUT2D eigenvalue weighted by Gasteiger charge is 2.34. The zero-order chi connectivity index (χ0) is 18.1. The van der Waals surface area contributed by atoms with E-state index in [1.54, 1.807) is 18.2 Å². The van der Waals surface area contributed by atoms with E-state index in [1.807, 2.05) is 4.72 Å². The van der Waals surface area contributed by atoms with Crippen molar-refractivity contribution in [2.75, 3.05) is 0 Å². The van der Waals surface area contributed by atoms with Crippen molar-refractivity contribution in [2.45, 2.75) is 24.4 Å². The lowest BCUT2D eigenvalue weighted by Gasteiger charge is -2.16. The molecule has 0 saturated heterocycles. The van der Waals surface area contributed by atoms with E-state index in [0.29, 0.717) is 0 Å². The topological polar surface area (TPSA) is 101 Å². The maximum Gasteiger partial charge on any atom is 0.326 e. The van der Waals surface area contributed by atoms with Crippen LogP contribution in [-0.4, -0.2) is 29.3 Å². The number of aryl methyl sites for hydroxylation is 2. The second-order valence-corrected chi connectivity index (χ2v) is 6.66. The number of benzene rings is 1. The predicted molar refractivity (Wildman–Crippen MR) is 80.0 cm³/mol. The maximum atomic E-state index is 13.2. The second-order valence-electron chi connectivity index (χ2n) is 5.03. The van der Waals surface area contributed by atoms with E-state index in [2.05, 4.69) is 5.10 Å². The van der Waals surface area contributed by atoms with Gasteiger partial charge in [0.1, 0.15) is 6.04 Å². The first-order chi connectivity index (χ1) is 11.1. The van der Waals surface area contributed by atoms with Gasteiger partial charge < -0.3 is 5.11 Å². The fraction of sp³-hybridized carbons (Fsp3) is 0.286. The summed E-state index contributed by atoms with van der Waals surface area (Å²) in [5.74, 6) is -1.46. The van der Waals surface area contributed by atoms with Gasteiger partial charge in [-0.05, 0) is 12.5 Å². The van der Waals surface area contributed by atoms with Crippen molar-refractivity contribution in [3.63, 3.8) is 0 Å². The Hall–Kier alpha value is -2.33. The van der Waals surface area contributed by atoms with Crippen LogP contribution in [0.5, 0.6) is 0 Å². The van der Waals surface area contributed by atoms with E-state index in [0.717, 1.165) is 4.68 Å². The number of alkyl halides is 2. The first-order valence-corrected chi connectivity index (χ1v) is 8.25. The molecule has 0 spiro atoms. The lowest BCUT2D eigenvalue weighted by molar-refractivity contribution is -0.139. The molecule has 0 unspecified atom stereocenters. The van der Waals surface area contributed by atoms with Gasteiger partial charge in [-0.1, -0.05) is 30.3 Å². The largest absolute Gasteiger partial charge is 0.480 e. The van der Waals surface area contributed by atoms with Gasteiger partial charge >= 0.3 is 5.97 Å². The zero-order valence-corrected chi connectivity index (χ0v) is 13.6. The Morgan fingerprint density at radius 3 is 2.38 bits per heavy atom. The van der Waals surface area contributed by atoms with Crippen LogP contribution in [0.4, 0.5) is 8.78 Å². The molecule has 0 saturated carbocycles. The summed E-state index contributed by atoms with van der Waals surface area (Å²) in [6.07, 6.45) is -3.06. The average molecular weight is 359 g/mol. The van der Waals surface area contributed by atoms with Gasteiger partial charge in [0.05, 0.1) is 11.3 Å². The van der Waals surface area contributed by atoms with Crippen LogP contribution in [0.25, 0.3) is 0 Å². The zero-order valence-electron chi connectivity index (χ0n) is 12.8. The lowest BCUT2D eigenvalue weighted by atomic mass is 10.1. The van der Waals surface area contributed by atoms with E-state index >= 15 is 0 Å². The van der Waals surface area contributed by atoms with Crippen molar-refractivity contribution in [1.29, 1.82) is 0 Å². The molecular formula is C14H15F2N3O4S. The summed E-state index contributed by atoms with van der Waals surface area (Å²) in [7, 11) is -3.35. The number of sulfonamides is 1. The standard InChI is InChI=1S/C14H15F2N3O4S/c1-8-10(12(15)16)13(19(2)17-8)24(22,23)18-11(14(20)21)9-6-4-3-5-7-9/h3-7,11-12,18H,1-2H3,(H,20,21)/t11-/m1/s1. The minimum absolute atomic E-state index is 0.139. The fourth-order valence-electron chi connectivity index (χ4n) is 2.34. The molecule has 1 aromatic carbocycles. The minimum atomic E-state index is -4.55. The molecule has 130 valence electrons. The smallest absolute Gasteiger partial charge is 0.326 e.